The van der Waals surface area contributed by atoms with Crippen LogP contribution in [0.1, 0.15) is 11.1 Å². The van der Waals surface area contributed by atoms with Crippen molar-refractivity contribution in [2.75, 3.05) is 0 Å². The van der Waals surface area contributed by atoms with E-state index in [1.165, 1.54) is 30.3 Å². The highest BCUT2D eigenvalue weighted by atomic mass is 35.5. The van der Waals surface area contributed by atoms with Gasteiger partial charge in [-0.15, -0.1) is 0 Å². The molecule has 0 aliphatic heterocycles. The zero-order valence-corrected chi connectivity index (χ0v) is 11.0. The Balaban J connectivity index is 2.63. The molecular formula is C13H8Cl2FNO2. The van der Waals surface area contributed by atoms with Crippen molar-refractivity contribution >= 4 is 28.9 Å². The molecule has 0 aromatic heterocycles. The van der Waals surface area contributed by atoms with E-state index >= 15 is 0 Å². The van der Waals surface area contributed by atoms with Crippen molar-refractivity contribution in [1.82, 2.24) is 0 Å². The van der Waals surface area contributed by atoms with Gasteiger partial charge in [-0.3, -0.25) is 0 Å². The molecule has 0 amide bonds. The average Bonchev–Trinajstić information content (AvgIpc) is 2.41. The molecule has 0 bridgehead atoms. The van der Waals surface area contributed by atoms with Crippen molar-refractivity contribution < 1.29 is 14.7 Å². The fourth-order valence-corrected chi connectivity index (χ4v) is 2.04. The maximum atomic E-state index is 13.7. The number of phenols is 1. The Labute approximate surface area is 118 Å². The Kier molecular flexibility index (Phi) is 3.93. The van der Waals surface area contributed by atoms with Crippen LogP contribution in [-0.2, 0) is 0 Å². The minimum absolute atomic E-state index is 0.0160. The monoisotopic (exact) mass is 299 g/mol. The molecule has 19 heavy (non-hydrogen) atoms. The Morgan fingerprint density at radius 3 is 2.32 bits per heavy atom. The standard InChI is InChI=1S/C13H8Cl2FNO2/c14-11-8(5-6-10(18)12(11)15)13(17-19)7-3-1-2-4-9(7)16/h1-6,18-19H/b17-13-. The largest absolute Gasteiger partial charge is 0.506 e. The summed E-state index contributed by atoms with van der Waals surface area (Å²) in [6.45, 7) is 0. The third-order valence-corrected chi connectivity index (χ3v) is 3.42. The van der Waals surface area contributed by atoms with Gasteiger partial charge in [0.05, 0.1) is 5.02 Å². The first kappa shape index (κ1) is 13.6. The number of halogens is 3. The molecule has 0 saturated heterocycles. The van der Waals surface area contributed by atoms with Crippen LogP contribution in [-0.4, -0.2) is 16.0 Å². The van der Waals surface area contributed by atoms with Gasteiger partial charge in [0.2, 0.25) is 0 Å². The lowest BCUT2D eigenvalue weighted by atomic mass is 10.0. The Bertz CT molecular complexity index is 659. The molecule has 0 aliphatic carbocycles. The third kappa shape index (κ3) is 2.50. The molecule has 0 radical (unpaired) electrons. The van der Waals surface area contributed by atoms with Crippen LogP contribution in [0.4, 0.5) is 4.39 Å². The molecule has 0 spiro atoms. The molecule has 2 N–H and O–H groups in total. The number of aromatic hydroxyl groups is 1. The fraction of sp³-hybridized carbons (Fsp3) is 0. The lowest BCUT2D eigenvalue weighted by Crippen LogP contribution is -2.07. The maximum Gasteiger partial charge on any atom is 0.135 e. The molecular weight excluding hydrogens is 292 g/mol. The second-order valence-corrected chi connectivity index (χ2v) is 4.44. The maximum absolute atomic E-state index is 13.7. The number of hydrogen-bond acceptors (Lipinski definition) is 3. The molecule has 98 valence electrons. The van der Waals surface area contributed by atoms with Gasteiger partial charge >= 0.3 is 0 Å². The van der Waals surface area contributed by atoms with Crippen LogP contribution in [0.5, 0.6) is 5.75 Å². The first-order valence-corrected chi connectivity index (χ1v) is 5.96. The normalized spacial score (nSPS) is 11.6. The summed E-state index contributed by atoms with van der Waals surface area (Å²) >= 11 is 11.8. The second-order valence-electron chi connectivity index (χ2n) is 3.69. The van der Waals surface area contributed by atoms with E-state index in [0.29, 0.717) is 0 Å². The van der Waals surface area contributed by atoms with Gasteiger partial charge in [0.15, 0.2) is 0 Å². The van der Waals surface area contributed by atoms with E-state index in [9.17, 15) is 9.50 Å². The van der Waals surface area contributed by atoms with Gasteiger partial charge in [-0.05, 0) is 24.3 Å². The predicted molar refractivity (Wildman–Crippen MR) is 72.0 cm³/mol. The number of phenolic OH excluding ortho intramolecular Hbond substituents is 1. The smallest absolute Gasteiger partial charge is 0.135 e. The van der Waals surface area contributed by atoms with Gasteiger partial charge in [-0.25, -0.2) is 4.39 Å². The number of benzene rings is 2. The summed E-state index contributed by atoms with van der Waals surface area (Å²) < 4.78 is 13.7. The van der Waals surface area contributed by atoms with E-state index in [4.69, 9.17) is 28.4 Å². The second kappa shape index (κ2) is 5.47. The van der Waals surface area contributed by atoms with Gasteiger partial charge in [0.1, 0.15) is 22.3 Å². The fourth-order valence-electron chi connectivity index (χ4n) is 1.63. The summed E-state index contributed by atoms with van der Waals surface area (Å²) in [6.07, 6.45) is 0. The van der Waals surface area contributed by atoms with E-state index in [0.717, 1.165) is 0 Å². The molecule has 0 aliphatic rings. The lowest BCUT2D eigenvalue weighted by Gasteiger charge is -2.10. The SMILES string of the molecule is O/N=C(/c1ccccc1F)c1ccc(O)c(Cl)c1Cl. The number of oxime groups is 1. The van der Waals surface area contributed by atoms with Gasteiger partial charge in [-0.2, -0.15) is 0 Å². The third-order valence-electron chi connectivity index (χ3n) is 2.55. The summed E-state index contributed by atoms with van der Waals surface area (Å²) in [4.78, 5) is 0. The van der Waals surface area contributed by atoms with Crippen molar-refractivity contribution in [3.8, 4) is 5.75 Å². The molecule has 0 heterocycles. The van der Waals surface area contributed by atoms with Crippen LogP contribution < -0.4 is 0 Å². The Hall–Kier alpha value is -1.78. The zero-order chi connectivity index (χ0) is 14.0. The first-order chi connectivity index (χ1) is 9.06. The van der Waals surface area contributed by atoms with Crippen molar-refractivity contribution in [2.45, 2.75) is 0 Å². The highest BCUT2D eigenvalue weighted by molar-refractivity contribution is 6.45. The van der Waals surface area contributed by atoms with E-state index in [-0.39, 0.29) is 32.6 Å². The minimum Gasteiger partial charge on any atom is -0.506 e. The van der Waals surface area contributed by atoms with Crippen molar-refractivity contribution in [3.05, 3.63) is 63.4 Å². The zero-order valence-electron chi connectivity index (χ0n) is 9.44. The molecule has 2 rings (SSSR count). The molecule has 0 fully saturated rings. The average molecular weight is 300 g/mol. The van der Waals surface area contributed by atoms with Gasteiger partial charge in [0, 0.05) is 11.1 Å². The van der Waals surface area contributed by atoms with Crippen LogP contribution in [0, 0.1) is 5.82 Å². The van der Waals surface area contributed by atoms with E-state index < -0.39 is 5.82 Å². The molecule has 6 heteroatoms. The molecule has 0 saturated carbocycles. The summed E-state index contributed by atoms with van der Waals surface area (Å²) in [5, 5.41) is 21.5. The molecule has 0 atom stereocenters. The minimum atomic E-state index is -0.560. The highest BCUT2D eigenvalue weighted by Gasteiger charge is 2.18. The Morgan fingerprint density at radius 2 is 1.68 bits per heavy atom. The summed E-state index contributed by atoms with van der Waals surface area (Å²) in [5.41, 5.74) is 0.232. The lowest BCUT2D eigenvalue weighted by molar-refractivity contribution is 0.319. The summed E-state index contributed by atoms with van der Waals surface area (Å²) in [7, 11) is 0. The quantitative estimate of drug-likeness (QED) is 0.499. The van der Waals surface area contributed by atoms with Crippen LogP contribution in [0.25, 0.3) is 0 Å². The Morgan fingerprint density at radius 1 is 1.00 bits per heavy atom. The van der Waals surface area contributed by atoms with Crippen LogP contribution in [0.3, 0.4) is 0 Å². The summed E-state index contributed by atoms with van der Waals surface area (Å²) in [5.74, 6) is -0.767. The van der Waals surface area contributed by atoms with Gasteiger partial charge in [0.25, 0.3) is 0 Å². The van der Waals surface area contributed by atoms with E-state index in [2.05, 4.69) is 5.16 Å². The molecule has 3 nitrogen and oxygen atoms in total. The van der Waals surface area contributed by atoms with Crippen LogP contribution in [0.15, 0.2) is 41.6 Å². The van der Waals surface area contributed by atoms with Crippen molar-refractivity contribution in [3.63, 3.8) is 0 Å². The van der Waals surface area contributed by atoms with Crippen LogP contribution >= 0.6 is 23.2 Å². The molecule has 2 aromatic rings. The first-order valence-electron chi connectivity index (χ1n) is 5.20. The van der Waals surface area contributed by atoms with E-state index in [1.54, 1.807) is 6.07 Å². The summed E-state index contributed by atoms with van der Waals surface area (Å²) in [6, 6.07) is 8.47. The number of rotatable bonds is 2. The van der Waals surface area contributed by atoms with Gasteiger partial charge < -0.3 is 10.3 Å². The van der Waals surface area contributed by atoms with Crippen molar-refractivity contribution in [1.29, 1.82) is 0 Å². The van der Waals surface area contributed by atoms with Crippen LogP contribution in [0.2, 0.25) is 10.0 Å². The highest BCUT2D eigenvalue weighted by Crippen LogP contribution is 2.35. The topological polar surface area (TPSA) is 52.8 Å². The molecule has 2 aromatic carbocycles. The van der Waals surface area contributed by atoms with E-state index in [1.807, 2.05) is 0 Å². The number of hydrogen-bond donors (Lipinski definition) is 2. The van der Waals surface area contributed by atoms with Gasteiger partial charge in [-0.1, -0.05) is 40.5 Å². The van der Waals surface area contributed by atoms with Crippen molar-refractivity contribution in [2.24, 2.45) is 5.16 Å². The number of nitrogens with zero attached hydrogens (tertiary/aromatic N) is 1. The predicted octanol–water partition coefficient (Wildman–Crippen LogP) is 4.06. The molecule has 0 unspecified atom stereocenters.